The Kier molecular flexibility index (Phi) is 8.43. The number of unbranched alkanes of at least 4 members (excludes halogenated alkanes) is 5. The molecule has 1 atom stereocenters. The zero-order valence-electron chi connectivity index (χ0n) is 21.4. The van der Waals surface area contributed by atoms with Crippen molar-refractivity contribution >= 4 is 38.4 Å². The van der Waals surface area contributed by atoms with Crippen molar-refractivity contribution in [2.24, 2.45) is 5.92 Å². The minimum absolute atomic E-state index is 0.287. The molecule has 3 aromatic carbocycles. The number of fused-ring (bicyclic) bond motifs is 5. The minimum atomic E-state index is 0.287. The molecule has 4 aromatic rings. The second-order valence-corrected chi connectivity index (χ2v) is 10.0. The van der Waals surface area contributed by atoms with Crippen molar-refractivity contribution in [1.29, 1.82) is 0 Å². The maximum Gasteiger partial charge on any atom is 0.162 e. The summed E-state index contributed by atoms with van der Waals surface area (Å²) >= 11 is 0. The van der Waals surface area contributed by atoms with Crippen LogP contribution in [0.2, 0.25) is 0 Å². The molecule has 34 heavy (non-hydrogen) atoms. The Hall–Kier alpha value is -2.61. The average molecular weight is 456 g/mol. The van der Waals surface area contributed by atoms with Crippen molar-refractivity contribution in [3.05, 3.63) is 60.2 Å². The molecule has 0 saturated carbocycles. The molecule has 1 heterocycles. The van der Waals surface area contributed by atoms with Crippen LogP contribution in [0, 0.1) is 5.92 Å². The average Bonchev–Trinajstić information content (AvgIpc) is 3.19. The SMILES string of the molecule is CCCCCCCC(=O)c1ccc2c(c1)c1ccc3ccccc3c1n2CC(CC)CCCC. The Morgan fingerprint density at radius 1 is 0.794 bits per heavy atom. The third-order valence-corrected chi connectivity index (χ3v) is 7.56. The molecule has 1 unspecified atom stereocenters. The lowest BCUT2D eigenvalue weighted by atomic mass is 9.99. The normalized spacial score (nSPS) is 12.7. The number of rotatable bonds is 13. The van der Waals surface area contributed by atoms with E-state index in [9.17, 15) is 4.79 Å². The van der Waals surface area contributed by atoms with Crippen LogP contribution in [0.25, 0.3) is 32.6 Å². The molecule has 0 aliphatic heterocycles. The van der Waals surface area contributed by atoms with Crippen LogP contribution in [0.5, 0.6) is 0 Å². The fraction of sp³-hybridized carbons (Fsp3) is 0.469. The number of carbonyl (C=O) groups is 1. The number of hydrogen-bond acceptors (Lipinski definition) is 1. The lowest BCUT2D eigenvalue weighted by Crippen LogP contribution is -2.10. The van der Waals surface area contributed by atoms with Crippen LogP contribution in [-0.2, 0) is 6.54 Å². The summed E-state index contributed by atoms with van der Waals surface area (Å²) in [6.07, 6.45) is 11.6. The van der Waals surface area contributed by atoms with Crippen LogP contribution in [0.3, 0.4) is 0 Å². The van der Waals surface area contributed by atoms with Gasteiger partial charge in [0.1, 0.15) is 0 Å². The lowest BCUT2D eigenvalue weighted by molar-refractivity contribution is 0.0979. The number of aromatic nitrogens is 1. The molecule has 1 aromatic heterocycles. The van der Waals surface area contributed by atoms with E-state index in [4.69, 9.17) is 0 Å². The highest BCUT2D eigenvalue weighted by Gasteiger charge is 2.18. The molecule has 180 valence electrons. The third kappa shape index (κ3) is 5.22. The molecule has 0 amide bonds. The summed E-state index contributed by atoms with van der Waals surface area (Å²) in [5.41, 5.74) is 3.46. The molecule has 0 aliphatic rings. The summed E-state index contributed by atoms with van der Waals surface area (Å²) in [5, 5.41) is 5.09. The van der Waals surface area contributed by atoms with E-state index in [1.54, 1.807) is 0 Å². The van der Waals surface area contributed by atoms with Gasteiger partial charge < -0.3 is 4.57 Å². The standard InChI is InChI=1S/C32H41NO/c1-4-7-9-10-11-17-31(34)26-19-21-30-29(22-26)28-20-18-25-15-12-13-16-27(25)32(28)33(30)23-24(6-3)14-8-5-2/h12-13,15-16,18-22,24H,4-11,14,17,23H2,1-3H3. The molecule has 0 aliphatic carbocycles. The lowest BCUT2D eigenvalue weighted by Gasteiger charge is -2.18. The van der Waals surface area contributed by atoms with Gasteiger partial charge in [0.2, 0.25) is 0 Å². The Labute approximate surface area is 205 Å². The second kappa shape index (κ2) is 11.7. The van der Waals surface area contributed by atoms with E-state index in [0.29, 0.717) is 12.3 Å². The van der Waals surface area contributed by atoms with E-state index >= 15 is 0 Å². The van der Waals surface area contributed by atoms with E-state index in [-0.39, 0.29) is 5.78 Å². The smallest absolute Gasteiger partial charge is 0.162 e. The third-order valence-electron chi connectivity index (χ3n) is 7.56. The molecule has 2 heteroatoms. The Morgan fingerprint density at radius 3 is 2.38 bits per heavy atom. The molecular weight excluding hydrogens is 414 g/mol. The highest BCUT2D eigenvalue weighted by molar-refractivity contribution is 6.18. The van der Waals surface area contributed by atoms with Gasteiger partial charge in [-0.25, -0.2) is 0 Å². The van der Waals surface area contributed by atoms with Gasteiger partial charge in [-0.3, -0.25) is 4.79 Å². The van der Waals surface area contributed by atoms with Gasteiger partial charge in [-0.2, -0.15) is 0 Å². The van der Waals surface area contributed by atoms with Gasteiger partial charge >= 0.3 is 0 Å². The van der Waals surface area contributed by atoms with Crippen molar-refractivity contribution < 1.29 is 4.79 Å². The van der Waals surface area contributed by atoms with E-state index in [0.717, 1.165) is 24.9 Å². The first kappa shape index (κ1) is 24.5. The largest absolute Gasteiger partial charge is 0.340 e. The van der Waals surface area contributed by atoms with Gasteiger partial charge in [0, 0.05) is 40.2 Å². The highest BCUT2D eigenvalue weighted by Crippen LogP contribution is 2.36. The van der Waals surface area contributed by atoms with Crippen molar-refractivity contribution in [1.82, 2.24) is 4.57 Å². The topological polar surface area (TPSA) is 22.0 Å². The fourth-order valence-corrected chi connectivity index (χ4v) is 5.44. The summed E-state index contributed by atoms with van der Waals surface area (Å²) in [7, 11) is 0. The van der Waals surface area contributed by atoms with Crippen LogP contribution in [-0.4, -0.2) is 10.4 Å². The predicted molar refractivity (Wildman–Crippen MR) is 148 cm³/mol. The molecule has 2 nitrogen and oxygen atoms in total. The van der Waals surface area contributed by atoms with Crippen molar-refractivity contribution in [2.75, 3.05) is 0 Å². The first-order chi connectivity index (χ1) is 16.7. The van der Waals surface area contributed by atoms with E-state index in [1.165, 1.54) is 77.5 Å². The van der Waals surface area contributed by atoms with Gasteiger partial charge in [-0.1, -0.05) is 102 Å². The van der Waals surface area contributed by atoms with Crippen LogP contribution >= 0.6 is 0 Å². The van der Waals surface area contributed by atoms with Gasteiger partial charge in [0.15, 0.2) is 5.78 Å². The van der Waals surface area contributed by atoms with E-state index in [1.807, 2.05) is 0 Å². The maximum absolute atomic E-state index is 13.0. The zero-order chi connectivity index (χ0) is 23.9. The quantitative estimate of drug-likeness (QED) is 0.145. The first-order valence-electron chi connectivity index (χ1n) is 13.6. The van der Waals surface area contributed by atoms with Gasteiger partial charge in [-0.15, -0.1) is 0 Å². The molecule has 0 fully saturated rings. The number of hydrogen-bond donors (Lipinski definition) is 0. The molecule has 0 N–H and O–H groups in total. The number of nitrogens with zero attached hydrogens (tertiary/aromatic N) is 1. The van der Waals surface area contributed by atoms with Gasteiger partial charge in [-0.05, 0) is 42.3 Å². The molecule has 0 spiro atoms. The molecule has 0 bridgehead atoms. The number of carbonyl (C=O) groups excluding carboxylic acids is 1. The Bertz CT molecular complexity index is 1250. The van der Waals surface area contributed by atoms with E-state index < -0.39 is 0 Å². The van der Waals surface area contributed by atoms with Crippen molar-refractivity contribution in [3.63, 3.8) is 0 Å². The summed E-state index contributed by atoms with van der Waals surface area (Å²) in [6.45, 7) is 7.87. The van der Waals surface area contributed by atoms with Crippen LogP contribution in [0.15, 0.2) is 54.6 Å². The monoisotopic (exact) mass is 455 g/mol. The van der Waals surface area contributed by atoms with Crippen LogP contribution < -0.4 is 0 Å². The highest BCUT2D eigenvalue weighted by atomic mass is 16.1. The van der Waals surface area contributed by atoms with E-state index in [2.05, 4.69) is 79.9 Å². The van der Waals surface area contributed by atoms with Crippen LogP contribution in [0.1, 0.15) is 95.3 Å². The number of benzene rings is 3. The summed E-state index contributed by atoms with van der Waals surface area (Å²) in [6, 6.07) is 19.7. The molecule has 4 rings (SSSR count). The summed E-state index contributed by atoms with van der Waals surface area (Å²) in [5.74, 6) is 0.955. The molecule has 0 saturated heterocycles. The predicted octanol–water partition coefficient (Wildman–Crippen LogP) is 9.71. The Morgan fingerprint density at radius 2 is 1.59 bits per heavy atom. The fourth-order valence-electron chi connectivity index (χ4n) is 5.44. The van der Waals surface area contributed by atoms with Crippen molar-refractivity contribution in [3.8, 4) is 0 Å². The summed E-state index contributed by atoms with van der Waals surface area (Å²) in [4.78, 5) is 13.0. The van der Waals surface area contributed by atoms with Gasteiger partial charge in [0.05, 0.1) is 5.52 Å². The Balaban J connectivity index is 1.75. The minimum Gasteiger partial charge on any atom is -0.340 e. The number of ketones is 1. The summed E-state index contributed by atoms with van der Waals surface area (Å²) < 4.78 is 2.55. The zero-order valence-corrected chi connectivity index (χ0v) is 21.4. The second-order valence-electron chi connectivity index (χ2n) is 10.0. The maximum atomic E-state index is 13.0. The molecule has 0 radical (unpaired) electrons. The van der Waals surface area contributed by atoms with Crippen molar-refractivity contribution in [2.45, 2.75) is 91.5 Å². The van der Waals surface area contributed by atoms with Gasteiger partial charge in [0.25, 0.3) is 0 Å². The first-order valence-corrected chi connectivity index (χ1v) is 13.6. The number of Topliss-reactive ketones (excluding diaryl/α,β-unsaturated/α-hetero) is 1. The van der Waals surface area contributed by atoms with Crippen LogP contribution in [0.4, 0.5) is 0 Å². The molecular formula is C32H41NO.